The Morgan fingerprint density at radius 2 is 2.05 bits per heavy atom. The Morgan fingerprint density at radius 3 is 2.70 bits per heavy atom. The molecule has 0 aliphatic rings. The molecule has 0 spiro atoms. The number of hydrogen-bond acceptors (Lipinski definition) is 2. The van der Waals surface area contributed by atoms with Gasteiger partial charge in [-0.05, 0) is 45.8 Å². The molecular weight excluding hydrogens is 363 g/mol. The number of aromatic nitrogens is 1. The van der Waals surface area contributed by atoms with Crippen molar-refractivity contribution in [3.8, 4) is 0 Å². The molecule has 6 heteroatoms. The fourth-order valence-electron chi connectivity index (χ4n) is 1.73. The minimum absolute atomic E-state index is 0.115. The smallest absolute Gasteiger partial charge is 0.256 e. The van der Waals surface area contributed by atoms with E-state index in [1.165, 1.54) is 0 Å². The number of halogens is 3. The highest BCUT2D eigenvalue weighted by Gasteiger charge is 2.15. The Hall–Kier alpha value is -1.10. The number of carbonyl (C=O) groups excluding carboxylic acids is 1. The Morgan fingerprint density at radius 1 is 1.30 bits per heavy atom. The summed E-state index contributed by atoms with van der Waals surface area (Å²) in [5.74, 6) is -0.115. The Labute approximate surface area is 135 Å². The maximum atomic E-state index is 12.3. The van der Waals surface area contributed by atoms with Crippen molar-refractivity contribution in [2.45, 2.75) is 6.54 Å². The highest BCUT2D eigenvalue weighted by atomic mass is 79.9. The summed E-state index contributed by atoms with van der Waals surface area (Å²) in [7, 11) is 1.73. The monoisotopic (exact) mass is 372 g/mol. The Kier molecular flexibility index (Phi) is 5.02. The van der Waals surface area contributed by atoms with Crippen molar-refractivity contribution in [2.75, 3.05) is 7.05 Å². The van der Waals surface area contributed by atoms with Crippen molar-refractivity contribution >= 4 is 45.0 Å². The summed E-state index contributed by atoms with van der Waals surface area (Å²) in [4.78, 5) is 18.0. The van der Waals surface area contributed by atoms with E-state index in [0.29, 0.717) is 26.8 Å². The molecule has 1 aromatic heterocycles. The average Bonchev–Trinajstić information content (AvgIpc) is 2.42. The molecule has 0 bridgehead atoms. The average molecular weight is 374 g/mol. The van der Waals surface area contributed by atoms with Crippen molar-refractivity contribution in [1.29, 1.82) is 0 Å². The van der Waals surface area contributed by atoms with Crippen LogP contribution < -0.4 is 0 Å². The fraction of sp³-hybridized carbons (Fsp3) is 0.143. The van der Waals surface area contributed by atoms with Gasteiger partial charge in [0.2, 0.25) is 0 Å². The first-order chi connectivity index (χ1) is 9.49. The Balaban J connectivity index is 2.15. The quantitative estimate of drug-likeness (QED) is 0.746. The predicted molar refractivity (Wildman–Crippen MR) is 84.2 cm³/mol. The van der Waals surface area contributed by atoms with Gasteiger partial charge in [-0.3, -0.25) is 4.79 Å². The van der Waals surface area contributed by atoms with Crippen LogP contribution in [-0.4, -0.2) is 22.8 Å². The van der Waals surface area contributed by atoms with Crippen LogP contribution in [0.3, 0.4) is 0 Å². The van der Waals surface area contributed by atoms with E-state index in [9.17, 15) is 4.79 Å². The van der Waals surface area contributed by atoms with Gasteiger partial charge >= 0.3 is 0 Å². The van der Waals surface area contributed by atoms with E-state index in [-0.39, 0.29) is 5.91 Å². The molecule has 1 heterocycles. The first-order valence-electron chi connectivity index (χ1n) is 5.79. The zero-order valence-electron chi connectivity index (χ0n) is 10.6. The highest BCUT2D eigenvalue weighted by Crippen LogP contribution is 2.23. The van der Waals surface area contributed by atoms with Crippen LogP contribution >= 0.6 is 39.1 Å². The maximum absolute atomic E-state index is 12.3. The predicted octanol–water partition coefficient (Wildman–Crippen LogP) is 4.42. The summed E-state index contributed by atoms with van der Waals surface area (Å²) in [6.07, 6.45) is 1.62. The molecule has 2 rings (SSSR count). The molecule has 0 fully saturated rings. The summed E-state index contributed by atoms with van der Waals surface area (Å²) in [6, 6.07) is 8.77. The molecule has 1 aromatic carbocycles. The second-order valence-corrected chi connectivity index (χ2v) is 5.82. The van der Waals surface area contributed by atoms with Gasteiger partial charge < -0.3 is 4.90 Å². The lowest BCUT2D eigenvalue weighted by Crippen LogP contribution is -2.26. The second-order valence-electron chi connectivity index (χ2n) is 4.25. The van der Waals surface area contributed by atoms with E-state index < -0.39 is 0 Å². The van der Waals surface area contributed by atoms with E-state index >= 15 is 0 Å². The van der Waals surface area contributed by atoms with Crippen molar-refractivity contribution in [1.82, 2.24) is 9.88 Å². The normalized spacial score (nSPS) is 10.4. The van der Waals surface area contributed by atoms with Crippen LogP contribution in [0.25, 0.3) is 0 Å². The molecule has 0 aliphatic heterocycles. The highest BCUT2D eigenvalue weighted by molar-refractivity contribution is 9.10. The van der Waals surface area contributed by atoms with E-state index in [2.05, 4.69) is 20.9 Å². The number of nitrogens with zero attached hydrogens (tertiary/aromatic N) is 2. The number of carbonyl (C=O) groups is 1. The first-order valence-corrected chi connectivity index (χ1v) is 7.34. The molecule has 0 radical (unpaired) electrons. The third kappa shape index (κ3) is 3.51. The van der Waals surface area contributed by atoms with Crippen LogP contribution in [0.1, 0.15) is 15.9 Å². The minimum atomic E-state index is -0.115. The van der Waals surface area contributed by atoms with Crippen LogP contribution in [0.2, 0.25) is 10.0 Å². The molecule has 0 atom stereocenters. The third-order valence-corrected chi connectivity index (χ3v) is 4.11. The van der Waals surface area contributed by atoms with Crippen LogP contribution in [0.4, 0.5) is 0 Å². The van der Waals surface area contributed by atoms with Crippen LogP contribution in [0.5, 0.6) is 0 Å². The van der Waals surface area contributed by atoms with Crippen molar-refractivity contribution in [3.05, 3.63) is 62.3 Å². The molecule has 0 aliphatic carbocycles. The molecule has 0 saturated heterocycles. The number of hydrogen-bond donors (Lipinski definition) is 0. The first kappa shape index (κ1) is 15.3. The van der Waals surface area contributed by atoms with Gasteiger partial charge in [0.15, 0.2) is 0 Å². The molecule has 3 nitrogen and oxygen atoms in total. The minimum Gasteiger partial charge on any atom is -0.337 e. The molecule has 0 N–H and O–H groups in total. The lowest BCUT2D eigenvalue weighted by Gasteiger charge is -2.18. The zero-order valence-corrected chi connectivity index (χ0v) is 13.7. The maximum Gasteiger partial charge on any atom is 0.256 e. The van der Waals surface area contributed by atoms with Gasteiger partial charge in [0.1, 0.15) is 4.60 Å². The molecule has 2 aromatic rings. The molecular formula is C14H11BrCl2N2O. The molecule has 0 saturated carbocycles. The van der Waals surface area contributed by atoms with Gasteiger partial charge in [-0.25, -0.2) is 4.98 Å². The largest absolute Gasteiger partial charge is 0.337 e. The standard InChI is InChI=1S/C14H11BrCl2N2O/c1-19(8-9-4-5-11(16)12(17)7-9)14(20)10-3-2-6-18-13(10)15/h2-7H,8H2,1H3. The Bertz CT molecular complexity index is 649. The van der Waals surface area contributed by atoms with Crippen LogP contribution in [0.15, 0.2) is 41.1 Å². The molecule has 20 heavy (non-hydrogen) atoms. The van der Waals surface area contributed by atoms with Gasteiger partial charge in [0.25, 0.3) is 5.91 Å². The van der Waals surface area contributed by atoms with Gasteiger partial charge in [-0.2, -0.15) is 0 Å². The lowest BCUT2D eigenvalue weighted by molar-refractivity contribution is 0.0783. The number of pyridine rings is 1. The van der Waals surface area contributed by atoms with E-state index in [4.69, 9.17) is 23.2 Å². The van der Waals surface area contributed by atoms with Crippen molar-refractivity contribution in [2.24, 2.45) is 0 Å². The number of benzene rings is 1. The summed E-state index contributed by atoms with van der Waals surface area (Å²) >= 11 is 15.1. The molecule has 0 unspecified atom stereocenters. The third-order valence-electron chi connectivity index (χ3n) is 2.74. The summed E-state index contributed by atoms with van der Waals surface area (Å²) in [6.45, 7) is 0.442. The van der Waals surface area contributed by atoms with Gasteiger partial charge in [0, 0.05) is 19.8 Å². The molecule has 1 amide bonds. The molecule has 104 valence electrons. The van der Waals surface area contributed by atoms with Gasteiger partial charge in [0.05, 0.1) is 15.6 Å². The van der Waals surface area contributed by atoms with Crippen LogP contribution in [-0.2, 0) is 6.54 Å². The van der Waals surface area contributed by atoms with Gasteiger partial charge in [-0.15, -0.1) is 0 Å². The number of amides is 1. The van der Waals surface area contributed by atoms with E-state index in [1.807, 2.05) is 6.07 Å². The summed E-state index contributed by atoms with van der Waals surface area (Å²) < 4.78 is 0.533. The second kappa shape index (κ2) is 6.57. The topological polar surface area (TPSA) is 33.2 Å². The fourth-order valence-corrected chi connectivity index (χ4v) is 2.48. The van der Waals surface area contributed by atoms with E-state index in [0.717, 1.165) is 5.56 Å². The van der Waals surface area contributed by atoms with Gasteiger partial charge in [-0.1, -0.05) is 29.3 Å². The SMILES string of the molecule is CN(Cc1ccc(Cl)c(Cl)c1)C(=O)c1cccnc1Br. The van der Waals surface area contributed by atoms with E-state index in [1.54, 1.807) is 42.4 Å². The summed E-state index contributed by atoms with van der Waals surface area (Å²) in [5.41, 5.74) is 1.44. The zero-order chi connectivity index (χ0) is 14.7. The lowest BCUT2D eigenvalue weighted by atomic mass is 10.2. The summed E-state index contributed by atoms with van der Waals surface area (Å²) in [5, 5.41) is 0.979. The van der Waals surface area contributed by atoms with Crippen LogP contribution in [0, 0.1) is 0 Å². The van der Waals surface area contributed by atoms with Crippen molar-refractivity contribution < 1.29 is 4.79 Å². The van der Waals surface area contributed by atoms with Crippen molar-refractivity contribution in [3.63, 3.8) is 0 Å². The number of rotatable bonds is 3.